The second-order valence-electron chi connectivity index (χ2n) is 4.24. The van der Waals surface area contributed by atoms with Crippen molar-refractivity contribution in [2.45, 2.75) is 46.4 Å². The highest BCUT2D eigenvalue weighted by atomic mass is 14.1. The predicted molar refractivity (Wildman–Crippen MR) is 57.6 cm³/mol. The van der Waals surface area contributed by atoms with E-state index < -0.39 is 0 Å². The van der Waals surface area contributed by atoms with E-state index in [-0.39, 0.29) is 5.82 Å². The van der Waals surface area contributed by atoms with E-state index >= 15 is 0 Å². The second-order valence-corrected chi connectivity index (χ2v) is 4.24. The first-order chi connectivity index (χ1) is 5.45. The highest BCUT2D eigenvalue weighted by molar-refractivity contribution is 6.13. The molecule has 12 heavy (non-hydrogen) atoms. The Balaban J connectivity index is 3.72. The van der Waals surface area contributed by atoms with Crippen molar-refractivity contribution in [1.82, 2.24) is 0 Å². The summed E-state index contributed by atoms with van der Waals surface area (Å²) in [4.78, 5) is 0. The molecule has 0 aromatic heterocycles. The van der Waals surface area contributed by atoms with Crippen molar-refractivity contribution in [3.05, 3.63) is 12.2 Å². The summed E-state index contributed by atoms with van der Waals surface area (Å²) < 4.78 is 0. The van der Waals surface area contributed by atoms with Gasteiger partial charge in [-0.1, -0.05) is 45.5 Å². The van der Waals surface area contributed by atoms with Gasteiger partial charge in [0.2, 0.25) is 0 Å². The largest absolute Gasteiger partial charge is 0.100 e. The zero-order valence-corrected chi connectivity index (χ0v) is 8.93. The van der Waals surface area contributed by atoms with Gasteiger partial charge in [-0.05, 0) is 18.3 Å². The van der Waals surface area contributed by atoms with Gasteiger partial charge in [-0.25, -0.2) is 0 Å². The fourth-order valence-corrected chi connectivity index (χ4v) is 1.22. The molecular weight excluding hydrogens is 143 g/mol. The van der Waals surface area contributed by atoms with Crippen molar-refractivity contribution in [3.8, 4) is 0 Å². The van der Waals surface area contributed by atoms with Crippen molar-refractivity contribution >= 4 is 7.85 Å². The summed E-state index contributed by atoms with van der Waals surface area (Å²) in [5, 5.41) is 0. The lowest BCUT2D eigenvalue weighted by molar-refractivity contribution is 0.484. The van der Waals surface area contributed by atoms with Crippen LogP contribution in [0.25, 0.3) is 0 Å². The third-order valence-electron chi connectivity index (χ3n) is 2.39. The second kappa shape index (κ2) is 5.45. The van der Waals surface area contributed by atoms with Crippen LogP contribution in [-0.4, -0.2) is 7.85 Å². The summed E-state index contributed by atoms with van der Waals surface area (Å²) in [7, 11) is 5.74. The lowest BCUT2D eigenvalue weighted by Gasteiger charge is -2.18. The molecule has 0 aromatic rings. The zero-order valence-electron chi connectivity index (χ0n) is 8.93. The molecule has 0 nitrogen and oxygen atoms in total. The number of hydrogen-bond acceptors (Lipinski definition) is 0. The highest BCUT2D eigenvalue weighted by Crippen LogP contribution is 2.25. The topological polar surface area (TPSA) is 0 Å². The van der Waals surface area contributed by atoms with Crippen LogP contribution in [0.4, 0.5) is 0 Å². The smallest absolute Gasteiger partial charge is 0.0755 e. The highest BCUT2D eigenvalue weighted by Gasteiger charge is 2.09. The molecule has 2 atom stereocenters. The molecule has 0 saturated carbocycles. The van der Waals surface area contributed by atoms with Gasteiger partial charge in [-0.15, -0.1) is 6.58 Å². The molecule has 0 heterocycles. The Hall–Kier alpha value is -0.195. The van der Waals surface area contributed by atoms with Crippen LogP contribution in [0, 0.1) is 11.8 Å². The minimum atomic E-state index is 0.146. The summed E-state index contributed by atoms with van der Waals surface area (Å²) in [5.74, 6) is 1.51. The monoisotopic (exact) mass is 164 g/mol. The van der Waals surface area contributed by atoms with Gasteiger partial charge < -0.3 is 0 Å². The van der Waals surface area contributed by atoms with Crippen molar-refractivity contribution < 1.29 is 0 Å². The molecule has 0 aromatic carbocycles. The van der Waals surface area contributed by atoms with E-state index in [2.05, 4.69) is 27.4 Å². The molecule has 0 saturated heterocycles. The number of allylic oxidation sites excluding steroid dienone is 1. The Morgan fingerprint density at radius 2 is 1.67 bits per heavy atom. The fraction of sp³-hybridized carbons (Fsp3) is 0.818. The van der Waals surface area contributed by atoms with E-state index in [1.54, 1.807) is 0 Å². The molecule has 0 bridgehead atoms. The Morgan fingerprint density at radius 3 is 2.00 bits per heavy atom. The van der Waals surface area contributed by atoms with Crippen LogP contribution >= 0.6 is 0 Å². The van der Waals surface area contributed by atoms with Crippen molar-refractivity contribution in [2.24, 2.45) is 11.8 Å². The quantitative estimate of drug-likeness (QED) is 0.430. The molecule has 0 aliphatic carbocycles. The maximum Gasteiger partial charge on any atom is 0.0755 e. The fourth-order valence-electron chi connectivity index (χ4n) is 1.22. The molecule has 0 amide bonds. The van der Waals surface area contributed by atoms with Gasteiger partial charge in [0.25, 0.3) is 0 Å². The molecule has 0 N–H and O–H groups in total. The van der Waals surface area contributed by atoms with Gasteiger partial charge in [0, 0.05) is 0 Å². The molecule has 0 fully saturated rings. The summed E-state index contributed by atoms with van der Waals surface area (Å²) >= 11 is 0. The van der Waals surface area contributed by atoms with E-state index in [0.29, 0.717) is 5.92 Å². The van der Waals surface area contributed by atoms with Crippen molar-refractivity contribution in [2.75, 3.05) is 0 Å². The molecule has 68 valence electrons. The molecule has 2 unspecified atom stereocenters. The van der Waals surface area contributed by atoms with Crippen molar-refractivity contribution in [1.29, 1.82) is 0 Å². The maximum absolute atomic E-state index is 5.74. The Kier molecular flexibility index (Phi) is 5.36. The van der Waals surface area contributed by atoms with Gasteiger partial charge in [0.15, 0.2) is 0 Å². The van der Waals surface area contributed by atoms with E-state index in [1.165, 1.54) is 18.4 Å². The van der Waals surface area contributed by atoms with Crippen molar-refractivity contribution in [3.63, 3.8) is 0 Å². The molecule has 0 spiro atoms. The van der Waals surface area contributed by atoms with Crippen LogP contribution in [0.3, 0.4) is 0 Å². The van der Waals surface area contributed by atoms with Gasteiger partial charge in [-0.2, -0.15) is 0 Å². The maximum atomic E-state index is 5.74. The minimum Gasteiger partial charge on any atom is -0.100 e. The lowest BCUT2D eigenvalue weighted by Crippen LogP contribution is -2.04. The average Bonchev–Trinajstić information content (AvgIpc) is 1.98. The molecule has 0 aliphatic heterocycles. The summed E-state index contributed by atoms with van der Waals surface area (Å²) in [6.45, 7) is 12.7. The van der Waals surface area contributed by atoms with Gasteiger partial charge in [0.05, 0.1) is 7.85 Å². The van der Waals surface area contributed by atoms with E-state index in [1.807, 2.05) is 6.92 Å². The van der Waals surface area contributed by atoms with Crippen LogP contribution in [0.1, 0.15) is 40.5 Å². The normalized spacial score (nSPS) is 16.1. The van der Waals surface area contributed by atoms with E-state index in [9.17, 15) is 0 Å². The van der Waals surface area contributed by atoms with Crippen LogP contribution in [0.5, 0.6) is 0 Å². The third kappa shape index (κ3) is 4.64. The first-order valence-electron chi connectivity index (χ1n) is 4.89. The number of hydrogen-bond donors (Lipinski definition) is 0. The Bertz CT molecular complexity index is 136. The van der Waals surface area contributed by atoms with Crippen LogP contribution in [-0.2, 0) is 0 Å². The van der Waals surface area contributed by atoms with E-state index in [4.69, 9.17) is 7.85 Å². The minimum absolute atomic E-state index is 0.146. The Morgan fingerprint density at radius 1 is 1.17 bits per heavy atom. The molecule has 2 radical (unpaired) electrons. The van der Waals surface area contributed by atoms with Gasteiger partial charge in [-0.3, -0.25) is 0 Å². The predicted octanol–water partition coefficient (Wildman–Crippen LogP) is 3.59. The average molecular weight is 164 g/mol. The van der Waals surface area contributed by atoms with Gasteiger partial charge >= 0.3 is 0 Å². The lowest BCUT2D eigenvalue weighted by atomic mass is 9.76. The molecule has 1 heteroatoms. The standard InChI is InChI=1S/C11H21B/c1-8(2)6-7-9(3)10(4)11(5)12/h8-9,11H,4,6-7H2,1-3,5H3. The molecular formula is C11H21B. The summed E-state index contributed by atoms with van der Waals surface area (Å²) in [6.07, 6.45) is 2.49. The summed E-state index contributed by atoms with van der Waals surface area (Å²) in [6, 6.07) is 0. The van der Waals surface area contributed by atoms with Crippen LogP contribution in [0.15, 0.2) is 12.2 Å². The zero-order chi connectivity index (χ0) is 9.72. The Labute approximate surface area is 78.9 Å². The first kappa shape index (κ1) is 11.8. The summed E-state index contributed by atoms with van der Waals surface area (Å²) in [5.41, 5.74) is 1.19. The SMILES string of the molecule is [B]C(C)C(=C)C(C)CCC(C)C. The molecule has 0 aliphatic rings. The van der Waals surface area contributed by atoms with Gasteiger partial charge in [0.1, 0.15) is 0 Å². The number of rotatable bonds is 5. The third-order valence-corrected chi connectivity index (χ3v) is 2.39. The van der Waals surface area contributed by atoms with Crippen LogP contribution in [0.2, 0.25) is 5.82 Å². The molecule has 0 rings (SSSR count). The van der Waals surface area contributed by atoms with Crippen LogP contribution < -0.4 is 0 Å². The van der Waals surface area contributed by atoms with E-state index in [0.717, 1.165) is 5.92 Å². The first-order valence-corrected chi connectivity index (χ1v) is 4.89.